The van der Waals surface area contributed by atoms with Gasteiger partial charge in [0.1, 0.15) is 0 Å². The van der Waals surface area contributed by atoms with Gasteiger partial charge in [-0.25, -0.2) is 0 Å². The summed E-state index contributed by atoms with van der Waals surface area (Å²) in [6, 6.07) is 6.43. The van der Waals surface area contributed by atoms with E-state index in [4.69, 9.17) is 0 Å². The Morgan fingerprint density at radius 3 is 2.40 bits per heavy atom. The molecule has 0 spiro atoms. The molecule has 0 radical (unpaired) electrons. The minimum Gasteiger partial charge on any atom is -0.141 e. The lowest BCUT2D eigenvalue weighted by atomic mass is 9.98. The van der Waals surface area contributed by atoms with E-state index in [1.54, 1.807) is 0 Å². The standard InChI is InChI=1S/C13H16.CH5P/c1-5-11(4)13-9-10(3)7-8-12(13)6-2;1-2/h5-9H,2H2,1,3-4H3;2H2,1H3/b11-5-;. The number of benzene rings is 1. The molecule has 82 valence electrons. The molecule has 0 N–H and O–H groups in total. The summed E-state index contributed by atoms with van der Waals surface area (Å²) in [5.41, 5.74) is 5.10. The van der Waals surface area contributed by atoms with E-state index in [1.165, 1.54) is 22.3 Å². The molecule has 0 saturated heterocycles. The third-order valence-corrected chi connectivity index (χ3v) is 2.29. The summed E-state index contributed by atoms with van der Waals surface area (Å²) >= 11 is 0. The maximum absolute atomic E-state index is 3.81. The Balaban J connectivity index is 0.000000921. The smallest absolute Gasteiger partial charge is 0.0156 e. The molecule has 0 aromatic heterocycles. The predicted octanol–water partition coefficient (Wildman–Crippen LogP) is 4.55. The fourth-order valence-corrected chi connectivity index (χ4v) is 1.35. The molecule has 1 heteroatoms. The van der Waals surface area contributed by atoms with Gasteiger partial charge in [-0.15, -0.1) is 9.24 Å². The van der Waals surface area contributed by atoms with Gasteiger partial charge >= 0.3 is 0 Å². The normalized spacial score (nSPS) is 10.3. The minimum atomic E-state index is 1.21. The van der Waals surface area contributed by atoms with Crippen molar-refractivity contribution in [3.05, 3.63) is 47.5 Å². The Kier molecular flexibility index (Phi) is 6.99. The second kappa shape index (κ2) is 7.43. The quantitative estimate of drug-likeness (QED) is 0.641. The topological polar surface area (TPSA) is 0 Å². The first-order valence-corrected chi connectivity index (χ1v) is 6.28. The van der Waals surface area contributed by atoms with E-state index in [9.17, 15) is 0 Å². The number of hydrogen-bond donors (Lipinski definition) is 0. The van der Waals surface area contributed by atoms with Crippen molar-refractivity contribution in [2.75, 3.05) is 6.66 Å². The van der Waals surface area contributed by atoms with Gasteiger partial charge in [0.05, 0.1) is 0 Å². The minimum absolute atomic E-state index is 1.21. The highest BCUT2D eigenvalue weighted by Gasteiger charge is 2.00. The summed E-state index contributed by atoms with van der Waals surface area (Å²) in [5, 5.41) is 0. The van der Waals surface area contributed by atoms with E-state index in [0.29, 0.717) is 0 Å². The molecule has 1 aromatic carbocycles. The second-order valence-corrected chi connectivity index (χ2v) is 3.27. The average Bonchev–Trinajstić information content (AvgIpc) is 2.30. The van der Waals surface area contributed by atoms with Crippen LogP contribution in [0.1, 0.15) is 30.5 Å². The molecule has 1 aromatic rings. The summed E-state index contributed by atoms with van der Waals surface area (Å²) in [4.78, 5) is 0. The van der Waals surface area contributed by atoms with Crippen LogP contribution in [0.4, 0.5) is 0 Å². The molecule has 0 saturated carbocycles. The monoisotopic (exact) mass is 220 g/mol. The Labute approximate surface area is 96.3 Å². The van der Waals surface area contributed by atoms with Crippen LogP contribution in [0.2, 0.25) is 0 Å². The van der Waals surface area contributed by atoms with Crippen LogP contribution >= 0.6 is 9.24 Å². The van der Waals surface area contributed by atoms with Crippen LogP contribution in [0.15, 0.2) is 30.9 Å². The number of rotatable bonds is 2. The molecular formula is C14H21P. The maximum atomic E-state index is 3.81. The lowest BCUT2D eigenvalue weighted by Crippen LogP contribution is -1.86. The highest BCUT2D eigenvalue weighted by Crippen LogP contribution is 2.21. The zero-order valence-electron chi connectivity index (χ0n) is 10.2. The van der Waals surface area contributed by atoms with Gasteiger partial charge in [0.2, 0.25) is 0 Å². The van der Waals surface area contributed by atoms with Crippen molar-refractivity contribution in [3.63, 3.8) is 0 Å². The molecule has 0 nitrogen and oxygen atoms in total. The number of aryl methyl sites for hydroxylation is 1. The van der Waals surface area contributed by atoms with Gasteiger partial charge < -0.3 is 0 Å². The van der Waals surface area contributed by atoms with Crippen molar-refractivity contribution < 1.29 is 0 Å². The molecule has 1 unspecified atom stereocenters. The maximum Gasteiger partial charge on any atom is -0.0156 e. The van der Waals surface area contributed by atoms with E-state index in [0.717, 1.165) is 0 Å². The lowest BCUT2D eigenvalue weighted by molar-refractivity contribution is 1.42. The van der Waals surface area contributed by atoms with Crippen LogP contribution in [-0.2, 0) is 0 Å². The Morgan fingerprint density at radius 1 is 1.33 bits per heavy atom. The second-order valence-electron chi connectivity index (χ2n) is 3.27. The van der Waals surface area contributed by atoms with Crippen LogP contribution in [-0.4, -0.2) is 6.66 Å². The van der Waals surface area contributed by atoms with Gasteiger partial charge in [0.15, 0.2) is 0 Å². The molecule has 0 heterocycles. The zero-order valence-corrected chi connectivity index (χ0v) is 11.3. The zero-order chi connectivity index (χ0) is 11.8. The van der Waals surface area contributed by atoms with Crippen molar-refractivity contribution >= 4 is 20.9 Å². The molecule has 0 aliphatic rings. The molecule has 0 fully saturated rings. The van der Waals surface area contributed by atoms with Crippen molar-refractivity contribution in [2.45, 2.75) is 20.8 Å². The van der Waals surface area contributed by atoms with Crippen LogP contribution in [0.5, 0.6) is 0 Å². The molecule has 0 aliphatic carbocycles. The highest BCUT2D eigenvalue weighted by molar-refractivity contribution is 7.15. The molecule has 1 rings (SSSR count). The van der Waals surface area contributed by atoms with E-state index < -0.39 is 0 Å². The summed E-state index contributed by atoms with van der Waals surface area (Å²) in [6.45, 7) is 12.0. The predicted molar refractivity (Wildman–Crippen MR) is 76.2 cm³/mol. The van der Waals surface area contributed by atoms with Gasteiger partial charge in [-0.2, -0.15) is 0 Å². The van der Waals surface area contributed by atoms with Crippen molar-refractivity contribution in [2.24, 2.45) is 0 Å². The van der Waals surface area contributed by atoms with E-state index in [2.05, 4.69) is 60.9 Å². The number of hydrogen-bond acceptors (Lipinski definition) is 0. The van der Waals surface area contributed by atoms with Gasteiger partial charge in [0.25, 0.3) is 0 Å². The third kappa shape index (κ3) is 4.01. The molecule has 0 amide bonds. The van der Waals surface area contributed by atoms with Gasteiger partial charge in [-0.05, 0) is 37.5 Å². The Hall–Kier alpha value is -0.870. The first-order valence-electron chi connectivity index (χ1n) is 5.13. The summed E-state index contributed by atoms with van der Waals surface area (Å²) in [5.74, 6) is 0. The van der Waals surface area contributed by atoms with Crippen LogP contribution in [0.25, 0.3) is 11.6 Å². The molecular weight excluding hydrogens is 199 g/mol. The van der Waals surface area contributed by atoms with E-state index in [-0.39, 0.29) is 0 Å². The van der Waals surface area contributed by atoms with Crippen molar-refractivity contribution in [1.29, 1.82) is 0 Å². The summed E-state index contributed by atoms with van der Waals surface area (Å²) in [6.07, 6.45) is 4.03. The van der Waals surface area contributed by atoms with Gasteiger partial charge in [-0.3, -0.25) is 0 Å². The fourth-order valence-electron chi connectivity index (χ4n) is 1.35. The Bertz CT molecular complexity index is 348. The summed E-state index contributed by atoms with van der Waals surface area (Å²) < 4.78 is 0. The molecule has 15 heavy (non-hydrogen) atoms. The first kappa shape index (κ1) is 14.1. The van der Waals surface area contributed by atoms with Crippen LogP contribution in [0, 0.1) is 6.92 Å². The largest absolute Gasteiger partial charge is 0.141 e. The van der Waals surface area contributed by atoms with E-state index >= 15 is 0 Å². The third-order valence-electron chi connectivity index (χ3n) is 2.29. The number of allylic oxidation sites excluding steroid dienone is 2. The lowest BCUT2D eigenvalue weighted by Gasteiger charge is -2.07. The molecule has 0 bridgehead atoms. The van der Waals surface area contributed by atoms with Gasteiger partial charge in [-0.1, -0.05) is 49.2 Å². The van der Waals surface area contributed by atoms with E-state index in [1.807, 2.05) is 12.7 Å². The highest BCUT2D eigenvalue weighted by atomic mass is 31.0. The Morgan fingerprint density at radius 2 is 1.93 bits per heavy atom. The summed E-state index contributed by atoms with van der Waals surface area (Å²) in [7, 11) is 2.42. The van der Waals surface area contributed by atoms with Gasteiger partial charge in [0, 0.05) is 0 Å². The van der Waals surface area contributed by atoms with Crippen LogP contribution in [0.3, 0.4) is 0 Å². The SMILES string of the molecule is C=Cc1ccc(C)cc1/C(C)=C\C.CP. The van der Waals surface area contributed by atoms with Crippen molar-refractivity contribution in [1.82, 2.24) is 0 Å². The average molecular weight is 220 g/mol. The van der Waals surface area contributed by atoms with Crippen LogP contribution < -0.4 is 0 Å². The first-order chi connectivity index (χ1) is 7.19. The van der Waals surface area contributed by atoms with Crippen molar-refractivity contribution in [3.8, 4) is 0 Å². The molecule has 0 aliphatic heterocycles. The fraction of sp³-hybridized carbons (Fsp3) is 0.286. The molecule has 1 atom stereocenters.